The van der Waals surface area contributed by atoms with E-state index < -0.39 is 0 Å². The Hall–Kier alpha value is -2.35. The van der Waals surface area contributed by atoms with Crippen LogP contribution in [0, 0.1) is 0 Å². The number of para-hydroxylation sites is 1. The molecule has 1 heterocycles. The van der Waals surface area contributed by atoms with Gasteiger partial charge in [-0.1, -0.05) is 48.6 Å². The van der Waals surface area contributed by atoms with Crippen LogP contribution in [-0.2, 0) is 0 Å². The van der Waals surface area contributed by atoms with Gasteiger partial charge in [0.05, 0.1) is 5.69 Å². The maximum atomic E-state index is 12.7. The average molecular weight is 249 g/mol. The van der Waals surface area contributed by atoms with Crippen molar-refractivity contribution in [3.05, 3.63) is 65.2 Å². The summed E-state index contributed by atoms with van der Waals surface area (Å²) in [5.74, 6) is 0.0647. The predicted molar refractivity (Wildman–Crippen MR) is 79.2 cm³/mol. The van der Waals surface area contributed by atoms with E-state index in [9.17, 15) is 4.79 Å². The summed E-state index contributed by atoms with van der Waals surface area (Å²) in [6.07, 6.45) is 4.09. The first-order valence-electron chi connectivity index (χ1n) is 6.49. The van der Waals surface area contributed by atoms with Crippen LogP contribution in [0.3, 0.4) is 0 Å². The Bertz CT molecular complexity index is 658. The first kappa shape index (κ1) is 11.7. The highest BCUT2D eigenvalue weighted by molar-refractivity contribution is 6.10. The molecule has 0 aromatic heterocycles. The number of hydrogen-bond acceptors (Lipinski definition) is 1. The molecule has 0 atom stereocenters. The van der Waals surface area contributed by atoms with E-state index in [-0.39, 0.29) is 5.91 Å². The number of benzene rings is 2. The summed E-state index contributed by atoms with van der Waals surface area (Å²) < 4.78 is 0. The second kappa shape index (κ2) is 4.73. The zero-order chi connectivity index (χ0) is 13.2. The van der Waals surface area contributed by atoms with Crippen LogP contribution < -0.4 is 4.90 Å². The minimum absolute atomic E-state index is 0.0647. The Balaban J connectivity index is 2.25. The number of nitrogens with zero attached hydrogens (tertiary/aromatic N) is 1. The van der Waals surface area contributed by atoms with Gasteiger partial charge in [0.1, 0.15) is 0 Å². The van der Waals surface area contributed by atoms with Crippen molar-refractivity contribution in [1.29, 1.82) is 0 Å². The Labute approximate surface area is 113 Å². The van der Waals surface area contributed by atoms with Gasteiger partial charge in [-0.25, -0.2) is 0 Å². The normalized spacial score (nSPS) is 15.2. The monoisotopic (exact) mass is 249 g/mol. The van der Waals surface area contributed by atoms with Gasteiger partial charge in [-0.2, -0.15) is 0 Å². The Morgan fingerprint density at radius 3 is 2.32 bits per heavy atom. The van der Waals surface area contributed by atoms with Crippen molar-refractivity contribution in [2.45, 2.75) is 6.92 Å². The number of rotatable bonds is 1. The topological polar surface area (TPSA) is 20.3 Å². The molecule has 0 spiro atoms. The van der Waals surface area contributed by atoms with E-state index in [0.717, 1.165) is 22.4 Å². The third-order valence-corrected chi connectivity index (χ3v) is 3.42. The number of hydrogen-bond donors (Lipinski definition) is 0. The van der Waals surface area contributed by atoms with Crippen molar-refractivity contribution in [1.82, 2.24) is 0 Å². The first-order chi connectivity index (χ1) is 9.31. The number of fused-ring (bicyclic) bond motifs is 2. The highest BCUT2D eigenvalue weighted by atomic mass is 16.2. The third-order valence-electron chi connectivity index (χ3n) is 3.42. The van der Waals surface area contributed by atoms with E-state index in [2.05, 4.69) is 6.08 Å². The molecular formula is C17H15NO. The lowest BCUT2D eigenvalue weighted by molar-refractivity contribution is 0.0988. The zero-order valence-electron chi connectivity index (χ0n) is 10.8. The molecule has 2 heteroatoms. The summed E-state index contributed by atoms with van der Waals surface area (Å²) in [5, 5.41) is 0. The van der Waals surface area contributed by atoms with E-state index in [1.807, 2.05) is 66.4 Å². The van der Waals surface area contributed by atoms with E-state index >= 15 is 0 Å². The van der Waals surface area contributed by atoms with Gasteiger partial charge in [0.25, 0.3) is 5.91 Å². The van der Waals surface area contributed by atoms with Crippen molar-refractivity contribution < 1.29 is 4.79 Å². The summed E-state index contributed by atoms with van der Waals surface area (Å²) in [6, 6.07) is 15.7. The van der Waals surface area contributed by atoms with Crippen LogP contribution >= 0.6 is 0 Å². The van der Waals surface area contributed by atoms with Crippen LogP contribution in [0.2, 0.25) is 0 Å². The van der Waals surface area contributed by atoms with Gasteiger partial charge >= 0.3 is 0 Å². The molecule has 0 saturated carbocycles. The van der Waals surface area contributed by atoms with Crippen LogP contribution in [0.25, 0.3) is 12.2 Å². The van der Waals surface area contributed by atoms with Crippen LogP contribution in [0.1, 0.15) is 28.4 Å². The minimum atomic E-state index is 0.0647. The molecular weight excluding hydrogens is 234 g/mol. The van der Waals surface area contributed by atoms with Crippen molar-refractivity contribution in [3.63, 3.8) is 0 Å². The van der Waals surface area contributed by atoms with Crippen LogP contribution in [0.5, 0.6) is 0 Å². The molecule has 2 aromatic carbocycles. The molecule has 0 fully saturated rings. The average Bonchev–Trinajstić information content (AvgIpc) is 2.46. The Morgan fingerprint density at radius 2 is 1.53 bits per heavy atom. The maximum Gasteiger partial charge on any atom is 0.258 e. The number of carbonyl (C=O) groups is 1. The van der Waals surface area contributed by atoms with E-state index in [1.54, 1.807) is 0 Å². The van der Waals surface area contributed by atoms with Gasteiger partial charge in [0.2, 0.25) is 0 Å². The molecule has 94 valence electrons. The second-order valence-corrected chi connectivity index (χ2v) is 4.53. The van der Waals surface area contributed by atoms with Gasteiger partial charge in [-0.05, 0) is 30.2 Å². The fraction of sp³-hybridized carbons (Fsp3) is 0.118. The highest BCUT2D eigenvalue weighted by Gasteiger charge is 2.21. The molecule has 0 saturated heterocycles. The number of anilines is 1. The lowest BCUT2D eigenvalue weighted by Gasteiger charge is -2.25. The summed E-state index contributed by atoms with van der Waals surface area (Å²) in [4.78, 5) is 14.5. The smallest absolute Gasteiger partial charge is 0.258 e. The highest BCUT2D eigenvalue weighted by Crippen LogP contribution is 2.28. The van der Waals surface area contributed by atoms with Crippen molar-refractivity contribution in [3.8, 4) is 0 Å². The largest absolute Gasteiger partial charge is 0.308 e. The van der Waals surface area contributed by atoms with Crippen molar-refractivity contribution in [2.75, 3.05) is 11.4 Å². The summed E-state index contributed by atoms with van der Waals surface area (Å²) in [6.45, 7) is 2.67. The quantitative estimate of drug-likeness (QED) is 0.752. The maximum absolute atomic E-state index is 12.7. The van der Waals surface area contributed by atoms with Crippen molar-refractivity contribution >= 4 is 23.7 Å². The van der Waals surface area contributed by atoms with Gasteiger partial charge in [-0.15, -0.1) is 0 Å². The zero-order valence-corrected chi connectivity index (χ0v) is 10.8. The van der Waals surface area contributed by atoms with E-state index in [4.69, 9.17) is 0 Å². The van der Waals surface area contributed by atoms with Gasteiger partial charge in [0, 0.05) is 12.1 Å². The summed E-state index contributed by atoms with van der Waals surface area (Å²) >= 11 is 0. The second-order valence-electron chi connectivity index (χ2n) is 4.53. The SMILES string of the molecule is CCN1C(=O)c2ccccc2/C=C\c2ccccc21. The fourth-order valence-corrected chi connectivity index (χ4v) is 2.46. The number of carbonyl (C=O) groups excluding carboxylic acids is 1. The minimum Gasteiger partial charge on any atom is -0.308 e. The molecule has 0 N–H and O–H groups in total. The molecule has 2 nitrogen and oxygen atoms in total. The molecule has 0 aliphatic carbocycles. The standard InChI is InChI=1S/C17H15NO/c1-2-18-16-10-6-4-8-14(16)12-11-13-7-3-5-9-15(13)17(18)19/h3-12H,2H2,1H3/b12-11-. The van der Waals surface area contributed by atoms with Gasteiger partial charge < -0.3 is 4.90 Å². The van der Waals surface area contributed by atoms with E-state index in [0.29, 0.717) is 6.54 Å². The van der Waals surface area contributed by atoms with Crippen LogP contribution in [0.15, 0.2) is 48.5 Å². The first-order valence-corrected chi connectivity index (χ1v) is 6.49. The summed E-state index contributed by atoms with van der Waals surface area (Å²) in [7, 11) is 0. The molecule has 3 rings (SSSR count). The van der Waals surface area contributed by atoms with Crippen LogP contribution in [-0.4, -0.2) is 12.5 Å². The molecule has 1 amide bonds. The number of amides is 1. The molecule has 0 radical (unpaired) electrons. The van der Waals surface area contributed by atoms with Gasteiger partial charge in [-0.3, -0.25) is 4.79 Å². The van der Waals surface area contributed by atoms with Crippen molar-refractivity contribution in [2.24, 2.45) is 0 Å². The molecule has 1 aliphatic heterocycles. The molecule has 2 aromatic rings. The lowest BCUT2D eigenvalue weighted by atomic mass is 10.0. The fourth-order valence-electron chi connectivity index (χ4n) is 2.46. The Kier molecular flexibility index (Phi) is 2.92. The van der Waals surface area contributed by atoms with E-state index in [1.165, 1.54) is 0 Å². The molecule has 19 heavy (non-hydrogen) atoms. The van der Waals surface area contributed by atoms with Crippen LogP contribution in [0.4, 0.5) is 5.69 Å². The predicted octanol–water partition coefficient (Wildman–Crippen LogP) is 3.84. The third kappa shape index (κ3) is 1.95. The lowest BCUT2D eigenvalue weighted by Crippen LogP contribution is -2.32. The molecule has 1 aliphatic rings. The summed E-state index contributed by atoms with van der Waals surface area (Å²) in [5.41, 5.74) is 3.78. The Morgan fingerprint density at radius 1 is 0.895 bits per heavy atom. The van der Waals surface area contributed by atoms with Gasteiger partial charge in [0.15, 0.2) is 0 Å². The molecule has 0 unspecified atom stereocenters. The molecule has 0 bridgehead atoms.